The monoisotopic (exact) mass is 375 g/mol. The predicted octanol–water partition coefficient (Wildman–Crippen LogP) is 5.73. The summed E-state index contributed by atoms with van der Waals surface area (Å²) < 4.78 is 163. The van der Waals surface area contributed by atoms with Gasteiger partial charge in [-0.15, -0.1) is 0 Å². The molecule has 0 amide bonds. The molecule has 0 aliphatic heterocycles. The first-order valence-electron chi connectivity index (χ1n) is 5.61. The predicted molar refractivity (Wildman–Crippen MR) is 50.0 cm³/mol. The van der Waals surface area contributed by atoms with E-state index in [-0.39, 0.29) is 6.42 Å². The molecule has 0 aliphatic rings. The molecule has 23 heavy (non-hydrogen) atoms. The lowest BCUT2D eigenvalue weighted by Crippen LogP contribution is -2.70. The molecule has 0 spiro atoms. The maximum absolute atomic E-state index is 13.0. The van der Waals surface area contributed by atoms with Gasteiger partial charge in [-0.25, -0.2) is 0 Å². The summed E-state index contributed by atoms with van der Waals surface area (Å²) in [6, 6.07) is 0. The van der Waals surface area contributed by atoms with E-state index >= 15 is 0 Å². The van der Waals surface area contributed by atoms with E-state index < -0.39 is 48.6 Å². The van der Waals surface area contributed by atoms with E-state index in [1.54, 1.807) is 0 Å². The zero-order chi connectivity index (χ0) is 19.1. The number of hydrogen-bond donors (Lipinski definition) is 0. The van der Waals surface area contributed by atoms with Gasteiger partial charge in [0, 0.05) is 6.42 Å². The van der Waals surface area contributed by atoms with E-state index in [0.717, 1.165) is 6.92 Å². The van der Waals surface area contributed by atoms with Crippen LogP contribution in [0.3, 0.4) is 0 Å². The summed E-state index contributed by atoms with van der Waals surface area (Å²) in [6.07, 6.45) is -9.59. The first-order chi connectivity index (χ1) is 9.81. The zero-order valence-corrected chi connectivity index (χ0v) is 10.9. The minimum Gasteiger partial charge on any atom is -0.199 e. The third kappa shape index (κ3) is 3.19. The lowest BCUT2D eigenvalue weighted by Gasteiger charge is -2.39. The maximum Gasteiger partial charge on any atom is 0.460 e. The zero-order valence-electron chi connectivity index (χ0n) is 10.9. The molecule has 0 bridgehead atoms. The molecule has 0 atom stereocenters. The highest BCUT2D eigenvalue weighted by Crippen LogP contribution is 2.60. The molecule has 0 N–H and O–H groups in total. The van der Waals surface area contributed by atoms with Crippen molar-refractivity contribution < 1.29 is 57.1 Å². The van der Waals surface area contributed by atoms with Gasteiger partial charge < -0.3 is 0 Å². The summed E-state index contributed by atoms with van der Waals surface area (Å²) in [7, 11) is 0. The van der Waals surface area contributed by atoms with Crippen LogP contribution in [0.2, 0.25) is 0 Å². The molecule has 0 unspecified atom stereocenters. The fourth-order valence-corrected chi connectivity index (χ4v) is 1.24. The van der Waals surface area contributed by atoms with Crippen molar-refractivity contribution in [3.05, 3.63) is 6.42 Å². The van der Waals surface area contributed by atoms with Crippen LogP contribution in [0.15, 0.2) is 0 Å². The first kappa shape index (κ1) is 22.1. The average molecular weight is 375 g/mol. The SMILES string of the molecule is CCC[CH]C(F)(F)C(F)(F)C(F)(F)C(F)(F)C(F)(F)C(F)(F)F. The summed E-state index contributed by atoms with van der Waals surface area (Å²) in [5.41, 5.74) is 0. The standard InChI is InChI=1S/C10H8F13/c1-2-3-4-5(11,12)6(13,14)7(15,16)8(17,18)9(19,20)10(21,22)23/h4H,2-3H2,1H3. The van der Waals surface area contributed by atoms with Crippen molar-refractivity contribution in [2.24, 2.45) is 0 Å². The van der Waals surface area contributed by atoms with Crippen LogP contribution >= 0.6 is 0 Å². The molecule has 1 radical (unpaired) electrons. The minimum atomic E-state index is -7.83. The van der Waals surface area contributed by atoms with Crippen LogP contribution < -0.4 is 0 Å². The Kier molecular flexibility index (Phi) is 5.63. The van der Waals surface area contributed by atoms with Crippen molar-refractivity contribution in [3.63, 3.8) is 0 Å². The fraction of sp³-hybridized carbons (Fsp3) is 0.900. The molecule has 0 rings (SSSR count). The van der Waals surface area contributed by atoms with Crippen LogP contribution in [0.5, 0.6) is 0 Å². The summed E-state index contributed by atoms with van der Waals surface area (Å²) in [5, 5.41) is 0. The topological polar surface area (TPSA) is 0 Å². The highest BCUT2D eigenvalue weighted by Gasteiger charge is 2.90. The molecule has 0 fully saturated rings. The summed E-state index contributed by atoms with van der Waals surface area (Å²) >= 11 is 0. The van der Waals surface area contributed by atoms with Crippen molar-refractivity contribution in [1.29, 1.82) is 0 Å². The van der Waals surface area contributed by atoms with Gasteiger partial charge in [0.15, 0.2) is 0 Å². The fourth-order valence-electron chi connectivity index (χ4n) is 1.24. The Morgan fingerprint density at radius 3 is 1.22 bits per heavy atom. The molecule has 0 saturated heterocycles. The minimum absolute atomic E-state index is 0.341. The van der Waals surface area contributed by atoms with Crippen LogP contribution in [-0.4, -0.2) is 35.8 Å². The third-order valence-corrected chi connectivity index (χ3v) is 2.65. The number of rotatable bonds is 7. The van der Waals surface area contributed by atoms with Crippen LogP contribution in [-0.2, 0) is 0 Å². The van der Waals surface area contributed by atoms with Gasteiger partial charge in [0.2, 0.25) is 0 Å². The molecule has 0 nitrogen and oxygen atoms in total. The van der Waals surface area contributed by atoms with Gasteiger partial charge in [0.1, 0.15) is 0 Å². The molecule has 0 aromatic rings. The lowest BCUT2D eigenvalue weighted by molar-refractivity contribution is -0.437. The van der Waals surface area contributed by atoms with Crippen LogP contribution in [0.4, 0.5) is 57.1 Å². The Bertz CT molecular complexity index is 405. The van der Waals surface area contributed by atoms with Gasteiger partial charge in [-0.2, -0.15) is 57.1 Å². The highest BCUT2D eigenvalue weighted by molar-refractivity contribution is 5.12. The Morgan fingerprint density at radius 1 is 0.565 bits per heavy atom. The molecule has 0 aliphatic carbocycles. The van der Waals surface area contributed by atoms with E-state index in [2.05, 4.69) is 0 Å². The second-order valence-electron chi connectivity index (χ2n) is 4.41. The van der Waals surface area contributed by atoms with Crippen LogP contribution in [0.25, 0.3) is 0 Å². The molecule has 0 saturated carbocycles. The number of alkyl halides is 13. The summed E-state index contributed by atoms with van der Waals surface area (Å²) in [5.74, 6) is -36.5. The van der Waals surface area contributed by atoms with Crippen LogP contribution in [0.1, 0.15) is 19.8 Å². The van der Waals surface area contributed by atoms with Gasteiger partial charge in [0.25, 0.3) is 0 Å². The molecule has 139 valence electrons. The first-order valence-corrected chi connectivity index (χ1v) is 5.61. The Balaban J connectivity index is 6.03. The van der Waals surface area contributed by atoms with Crippen molar-refractivity contribution >= 4 is 0 Å². The smallest absolute Gasteiger partial charge is 0.199 e. The highest BCUT2D eigenvalue weighted by atomic mass is 19.4. The van der Waals surface area contributed by atoms with Crippen molar-refractivity contribution in [3.8, 4) is 0 Å². The molecule has 0 heterocycles. The molecule has 0 aromatic carbocycles. The molecular formula is C10H8F13. The molecular weight excluding hydrogens is 367 g/mol. The largest absolute Gasteiger partial charge is 0.460 e. The van der Waals surface area contributed by atoms with Gasteiger partial charge >= 0.3 is 35.8 Å². The van der Waals surface area contributed by atoms with E-state index in [1.807, 2.05) is 0 Å². The Hall–Kier alpha value is -0.910. The van der Waals surface area contributed by atoms with Gasteiger partial charge in [-0.05, 0) is 6.42 Å². The van der Waals surface area contributed by atoms with Crippen molar-refractivity contribution in [2.75, 3.05) is 0 Å². The Labute approximate surface area is 120 Å². The summed E-state index contributed by atoms with van der Waals surface area (Å²) in [4.78, 5) is 0. The maximum atomic E-state index is 13.0. The van der Waals surface area contributed by atoms with Gasteiger partial charge in [-0.3, -0.25) is 0 Å². The summed E-state index contributed by atoms with van der Waals surface area (Å²) in [6.45, 7) is 1.09. The molecule has 0 aromatic heterocycles. The van der Waals surface area contributed by atoms with Crippen molar-refractivity contribution in [2.45, 2.75) is 55.6 Å². The number of halogens is 13. The third-order valence-electron chi connectivity index (χ3n) is 2.65. The molecule has 13 heteroatoms. The second-order valence-corrected chi connectivity index (χ2v) is 4.41. The van der Waals surface area contributed by atoms with E-state index in [0.29, 0.717) is 0 Å². The van der Waals surface area contributed by atoms with Crippen LogP contribution in [0, 0.1) is 6.42 Å². The quantitative estimate of drug-likeness (QED) is 0.499. The average Bonchev–Trinajstić information content (AvgIpc) is 2.34. The van der Waals surface area contributed by atoms with Crippen molar-refractivity contribution in [1.82, 2.24) is 0 Å². The van der Waals surface area contributed by atoms with Gasteiger partial charge in [0.05, 0.1) is 0 Å². The lowest BCUT2D eigenvalue weighted by atomic mass is 9.92. The van der Waals surface area contributed by atoms with E-state index in [1.165, 1.54) is 0 Å². The number of hydrogen-bond acceptors (Lipinski definition) is 0. The van der Waals surface area contributed by atoms with E-state index in [4.69, 9.17) is 0 Å². The number of unbranched alkanes of at least 4 members (excludes halogenated alkanes) is 1. The second kappa shape index (κ2) is 5.87. The van der Waals surface area contributed by atoms with Gasteiger partial charge in [-0.1, -0.05) is 13.3 Å². The Morgan fingerprint density at radius 2 is 0.913 bits per heavy atom. The normalized spacial score (nSPS) is 15.9. The van der Waals surface area contributed by atoms with E-state index in [9.17, 15) is 57.1 Å².